The molecule has 2 rings (SSSR count). The van der Waals surface area contributed by atoms with Crippen LogP contribution in [0.25, 0.3) is 0 Å². The van der Waals surface area contributed by atoms with Gasteiger partial charge in [-0.15, -0.1) is 11.3 Å². The lowest BCUT2D eigenvalue weighted by Crippen LogP contribution is -2.07. The largest absolute Gasteiger partial charge is 0.495 e. The molecule has 0 aliphatic rings. The number of ether oxygens (including phenoxy) is 1. The summed E-state index contributed by atoms with van der Waals surface area (Å²) in [6, 6.07) is 4.07. The SMILES string of the molecule is COc1ccsc1C(O)c1c(C)c(C)cc(C)c1C. The first-order valence-corrected chi connectivity index (χ1v) is 7.22. The Hall–Kier alpha value is -1.32. The van der Waals surface area contributed by atoms with Gasteiger partial charge in [-0.05, 0) is 67.0 Å². The normalized spacial score (nSPS) is 12.5. The summed E-state index contributed by atoms with van der Waals surface area (Å²) in [5.74, 6) is 0.760. The minimum absolute atomic E-state index is 0.617. The summed E-state index contributed by atoms with van der Waals surface area (Å²) in [7, 11) is 1.64. The topological polar surface area (TPSA) is 29.5 Å². The summed E-state index contributed by atoms with van der Waals surface area (Å²) in [6.07, 6.45) is -0.617. The second-order valence-electron chi connectivity index (χ2n) is 4.93. The second-order valence-corrected chi connectivity index (χ2v) is 5.88. The Bertz CT molecular complexity index is 573. The molecular weight excluding hydrogens is 256 g/mol. The quantitative estimate of drug-likeness (QED) is 0.915. The smallest absolute Gasteiger partial charge is 0.135 e. The maximum Gasteiger partial charge on any atom is 0.135 e. The zero-order valence-electron chi connectivity index (χ0n) is 12.1. The van der Waals surface area contributed by atoms with Gasteiger partial charge in [0.15, 0.2) is 0 Å². The highest BCUT2D eigenvalue weighted by Crippen LogP contribution is 2.38. The Morgan fingerprint density at radius 1 is 1.11 bits per heavy atom. The number of hydrogen-bond donors (Lipinski definition) is 1. The highest BCUT2D eigenvalue weighted by molar-refractivity contribution is 7.10. The fraction of sp³-hybridized carbons (Fsp3) is 0.375. The molecule has 1 heterocycles. The van der Waals surface area contributed by atoms with Crippen molar-refractivity contribution in [2.24, 2.45) is 0 Å². The Labute approximate surface area is 118 Å². The van der Waals surface area contributed by atoms with Gasteiger partial charge >= 0.3 is 0 Å². The van der Waals surface area contributed by atoms with E-state index < -0.39 is 6.10 Å². The molecule has 2 aromatic rings. The minimum Gasteiger partial charge on any atom is -0.495 e. The average molecular weight is 276 g/mol. The van der Waals surface area contributed by atoms with E-state index in [1.165, 1.54) is 22.5 Å². The Balaban J connectivity index is 2.59. The van der Waals surface area contributed by atoms with Crippen LogP contribution in [0.1, 0.15) is 38.8 Å². The van der Waals surface area contributed by atoms with Crippen molar-refractivity contribution >= 4 is 11.3 Å². The van der Waals surface area contributed by atoms with Crippen LogP contribution in [0, 0.1) is 27.7 Å². The highest BCUT2D eigenvalue weighted by Gasteiger charge is 2.22. The molecule has 0 aliphatic carbocycles. The molecule has 1 N–H and O–H groups in total. The van der Waals surface area contributed by atoms with Gasteiger partial charge in [0.2, 0.25) is 0 Å². The molecule has 19 heavy (non-hydrogen) atoms. The fourth-order valence-electron chi connectivity index (χ4n) is 2.47. The van der Waals surface area contributed by atoms with Crippen LogP contribution in [0.15, 0.2) is 17.5 Å². The van der Waals surface area contributed by atoms with Gasteiger partial charge in [0, 0.05) is 0 Å². The third kappa shape index (κ3) is 2.40. The maximum absolute atomic E-state index is 10.7. The second kappa shape index (κ2) is 5.35. The molecule has 0 radical (unpaired) electrons. The third-order valence-corrected chi connectivity index (χ3v) is 4.77. The van der Waals surface area contributed by atoms with Crippen LogP contribution in [0.3, 0.4) is 0 Å². The van der Waals surface area contributed by atoms with E-state index in [4.69, 9.17) is 4.74 Å². The summed E-state index contributed by atoms with van der Waals surface area (Å²) in [4.78, 5) is 0.874. The maximum atomic E-state index is 10.7. The number of rotatable bonds is 3. The molecule has 0 saturated heterocycles. The van der Waals surface area contributed by atoms with Gasteiger partial charge in [-0.25, -0.2) is 0 Å². The van der Waals surface area contributed by atoms with Crippen molar-refractivity contribution in [3.63, 3.8) is 0 Å². The predicted molar refractivity (Wildman–Crippen MR) is 80.3 cm³/mol. The van der Waals surface area contributed by atoms with Gasteiger partial charge in [0.25, 0.3) is 0 Å². The van der Waals surface area contributed by atoms with Crippen molar-refractivity contribution in [1.29, 1.82) is 0 Å². The zero-order valence-corrected chi connectivity index (χ0v) is 12.9. The number of aryl methyl sites for hydroxylation is 2. The van der Waals surface area contributed by atoms with Crippen LogP contribution >= 0.6 is 11.3 Å². The molecule has 1 aromatic carbocycles. The van der Waals surface area contributed by atoms with E-state index in [0.717, 1.165) is 27.3 Å². The summed E-state index contributed by atoms with van der Waals surface area (Å²) in [5.41, 5.74) is 5.76. The van der Waals surface area contributed by atoms with Crippen molar-refractivity contribution in [2.45, 2.75) is 33.8 Å². The van der Waals surface area contributed by atoms with E-state index in [-0.39, 0.29) is 0 Å². The number of methoxy groups -OCH3 is 1. The van der Waals surface area contributed by atoms with Crippen LogP contribution in [0.4, 0.5) is 0 Å². The number of aliphatic hydroxyl groups is 1. The number of benzene rings is 1. The van der Waals surface area contributed by atoms with Gasteiger partial charge in [-0.1, -0.05) is 6.07 Å². The van der Waals surface area contributed by atoms with Gasteiger partial charge in [0.1, 0.15) is 11.9 Å². The third-order valence-electron chi connectivity index (χ3n) is 3.82. The highest BCUT2D eigenvalue weighted by atomic mass is 32.1. The molecular formula is C16H20O2S. The lowest BCUT2D eigenvalue weighted by molar-refractivity contribution is 0.217. The van der Waals surface area contributed by atoms with E-state index >= 15 is 0 Å². The van der Waals surface area contributed by atoms with E-state index in [1.54, 1.807) is 7.11 Å². The van der Waals surface area contributed by atoms with E-state index in [9.17, 15) is 5.11 Å². The monoisotopic (exact) mass is 276 g/mol. The van der Waals surface area contributed by atoms with Gasteiger partial charge in [-0.3, -0.25) is 0 Å². The van der Waals surface area contributed by atoms with E-state index in [2.05, 4.69) is 33.8 Å². The lowest BCUT2D eigenvalue weighted by atomic mass is 9.90. The van der Waals surface area contributed by atoms with Crippen molar-refractivity contribution in [3.05, 3.63) is 50.2 Å². The zero-order chi connectivity index (χ0) is 14.2. The molecule has 0 saturated carbocycles. The van der Waals surface area contributed by atoms with Crippen molar-refractivity contribution < 1.29 is 9.84 Å². The van der Waals surface area contributed by atoms with E-state index in [1.807, 2.05) is 11.4 Å². The summed E-state index contributed by atoms with van der Waals surface area (Å²) >= 11 is 1.53. The number of aliphatic hydroxyl groups excluding tert-OH is 1. The van der Waals surface area contributed by atoms with E-state index in [0.29, 0.717) is 0 Å². The van der Waals surface area contributed by atoms with Gasteiger partial charge in [0.05, 0.1) is 12.0 Å². The molecule has 1 atom stereocenters. The molecule has 1 aromatic heterocycles. The standard InChI is InChI=1S/C16H20O2S/c1-9-8-10(2)12(4)14(11(9)3)15(17)16-13(18-5)6-7-19-16/h6-8,15,17H,1-5H3. The number of thiophene rings is 1. The molecule has 1 unspecified atom stereocenters. The predicted octanol–water partition coefficient (Wildman–Crippen LogP) is 4.07. The molecule has 0 amide bonds. The molecule has 102 valence electrons. The molecule has 0 bridgehead atoms. The van der Waals surface area contributed by atoms with Gasteiger partial charge in [-0.2, -0.15) is 0 Å². The first-order chi connectivity index (χ1) is 8.97. The Morgan fingerprint density at radius 2 is 1.68 bits per heavy atom. The molecule has 0 fully saturated rings. The Kier molecular flexibility index (Phi) is 3.97. The molecule has 0 aliphatic heterocycles. The van der Waals surface area contributed by atoms with Crippen LogP contribution in [0.5, 0.6) is 5.75 Å². The van der Waals surface area contributed by atoms with Crippen LogP contribution in [-0.4, -0.2) is 12.2 Å². The minimum atomic E-state index is -0.617. The summed E-state index contributed by atoms with van der Waals surface area (Å²) in [5, 5.41) is 12.7. The molecule has 0 spiro atoms. The fourth-order valence-corrected chi connectivity index (χ4v) is 3.32. The van der Waals surface area contributed by atoms with Gasteiger partial charge < -0.3 is 9.84 Å². The number of hydrogen-bond acceptors (Lipinski definition) is 3. The average Bonchev–Trinajstić information content (AvgIpc) is 2.84. The van der Waals surface area contributed by atoms with Crippen LogP contribution < -0.4 is 4.74 Å². The van der Waals surface area contributed by atoms with Crippen molar-refractivity contribution in [3.8, 4) is 5.75 Å². The first-order valence-electron chi connectivity index (χ1n) is 6.34. The lowest BCUT2D eigenvalue weighted by Gasteiger charge is -2.20. The van der Waals surface area contributed by atoms with Crippen LogP contribution in [-0.2, 0) is 0 Å². The summed E-state index contributed by atoms with van der Waals surface area (Å²) in [6.45, 7) is 8.31. The van der Waals surface area contributed by atoms with Crippen LogP contribution in [0.2, 0.25) is 0 Å². The summed E-state index contributed by atoms with van der Waals surface area (Å²) < 4.78 is 5.32. The molecule has 3 heteroatoms. The van der Waals surface area contributed by atoms with Crippen molar-refractivity contribution in [1.82, 2.24) is 0 Å². The molecule has 2 nitrogen and oxygen atoms in total. The Morgan fingerprint density at radius 3 is 2.21 bits per heavy atom. The first kappa shape index (κ1) is 14.1. The van der Waals surface area contributed by atoms with Crippen molar-refractivity contribution in [2.75, 3.05) is 7.11 Å².